The molecular weight excluding hydrogens is 294 g/mol. The van der Waals surface area contributed by atoms with Gasteiger partial charge in [-0.3, -0.25) is 4.31 Å². The quantitative estimate of drug-likeness (QED) is 0.866. The molecule has 0 unspecified atom stereocenters. The van der Waals surface area contributed by atoms with Gasteiger partial charge in [-0.1, -0.05) is 48.5 Å². The van der Waals surface area contributed by atoms with Crippen molar-refractivity contribution in [3.05, 3.63) is 83.6 Å². The standard InChI is InChI=1S/C18H17NO2S/c1-3-17-12-15-6-4-5-7-16(15)13-19(17)22(20,21)18-10-8-14(2)9-11-18/h3-12H,1,13H2,2H3. The van der Waals surface area contributed by atoms with Gasteiger partial charge >= 0.3 is 0 Å². The highest BCUT2D eigenvalue weighted by molar-refractivity contribution is 7.89. The van der Waals surface area contributed by atoms with Crippen LogP contribution in [-0.4, -0.2) is 12.7 Å². The van der Waals surface area contributed by atoms with Gasteiger partial charge in [0.1, 0.15) is 0 Å². The van der Waals surface area contributed by atoms with Crippen molar-refractivity contribution in [2.24, 2.45) is 0 Å². The molecule has 112 valence electrons. The van der Waals surface area contributed by atoms with Gasteiger partial charge in [-0.15, -0.1) is 0 Å². The molecule has 0 saturated heterocycles. The van der Waals surface area contributed by atoms with Crippen LogP contribution in [0.3, 0.4) is 0 Å². The minimum Gasteiger partial charge on any atom is -0.262 e. The number of benzene rings is 2. The predicted molar refractivity (Wildman–Crippen MR) is 88.5 cm³/mol. The molecule has 0 saturated carbocycles. The second-order valence-corrected chi connectivity index (χ2v) is 7.16. The van der Waals surface area contributed by atoms with Gasteiger partial charge in [0.15, 0.2) is 0 Å². The summed E-state index contributed by atoms with van der Waals surface area (Å²) in [5.41, 5.74) is 3.65. The fraction of sp³-hybridized carbons (Fsp3) is 0.111. The first kappa shape index (κ1) is 14.6. The Morgan fingerprint density at radius 1 is 1.09 bits per heavy atom. The van der Waals surface area contributed by atoms with E-state index in [9.17, 15) is 8.42 Å². The zero-order chi connectivity index (χ0) is 15.7. The topological polar surface area (TPSA) is 37.4 Å². The van der Waals surface area contributed by atoms with Crippen LogP contribution in [0, 0.1) is 6.92 Å². The SMILES string of the molecule is C=CC1=Cc2ccccc2CN1S(=O)(=O)c1ccc(C)cc1. The van der Waals surface area contributed by atoms with Crippen LogP contribution in [0.15, 0.2) is 71.8 Å². The van der Waals surface area contributed by atoms with Gasteiger partial charge in [-0.2, -0.15) is 0 Å². The van der Waals surface area contributed by atoms with Gasteiger partial charge in [-0.25, -0.2) is 8.42 Å². The van der Waals surface area contributed by atoms with E-state index in [4.69, 9.17) is 0 Å². The maximum absolute atomic E-state index is 12.9. The van der Waals surface area contributed by atoms with Gasteiger partial charge in [0.05, 0.1) is 17.1 Å². The molecule has 3 nitrogen and oxygen atoms in total. The van der Waals surface area contributed by atoms with Crippen molar-refractivity contribution in [3.63, 3.8) is 0 Å². The molecule has 22 heavy (non-hydrogen) atoms. The summed E-state index contributed by atoms with van der Waals surface area (Å²) in [4.78, 5) is 0.297. The number of nitrogens with zero attached hydrogens (tertiary/aromatic N) is 1. The molecule has 4 heteroatoms. The van der Waals surface area contributed by atoms with Gasteiger partial charge in [0.2, 0.25) is 0 Å². The second-order valence-electron chi connectivity index (χ2n) is 5.30. The Labute approximate surface area is 131 Å². The molecule has 1 aliphatic heterocycles. The van der Waals surface area contributed by atoms with Crippen LogP contribution in [0.2, 0.25) is 0 Å². The summed E-state index contributed by atoms with van der Waals surface area (Å²) in [6.45, 7) is 6.01. The third kappa shape index (κ3) is 2.46. The van der Waals surface area contributed by atoms with E-state index in [1.165, 1.54) is 4.31 Å². The number of rotatable bonds is 3. The first-order valence-corrected chi connectivity index (χ1v) is 8.48. The lowest BCUT2D eigenvalue weighted by Gasteiger charge is -2.29. The summed E-state index contributed by atoms with van der Waals surface area (Å²) in [6, 6.07) is 14.7. The van der Waals surface area contributed by atoms with Crippen molar-refractivity contribution < 1.29 is 8.42 Å². The van der Waals surface area contributed by atoms with E-state index < -0.39 is 10.0 Å². The van der Waals surface area contributed by atoms with E-state index in [0.29, 0.717) is 17.1 Å². The molecule has 0 N–H and O–H groups in total. The number of allylic oxidation sites excluding steroid dienone is 1. The van der Waals surface area contributed by atoms with Gasteiger partial charge in [-0.05, 0) is 42.3 Å². The molecule has 3 rings (SSSR count). The third-order valence-corrected chi connectivity index (χ3v) is 5.57. The minimum atomic E-state index is -3.59. The Kier molecular flexibility index (Phi) is 3.62. The Bertz CT molecular complexity index is 849. The molecular formula is C18H17NO2S. The highest BCUT2D eigenvalue weighted by atomic mass is 32.2. The van der Waals surface area contributed by atoms with Crippen LogP contribution < -0.4 is 0 Å². The zero-order valence-electron chi connectivity index (χ0n) is 12.4. The minimum absolute atomic E-state index is 0.297. The van der Waals surface area contributed by atoms with Crippen molar-refractivity contribution >= 4 is 16.1 Å². The van der Waals surface area contributed by atoms with Crippen LogP contribution in [0.4, 0.5) is 0 Å². The molecule has 0 aromatic heterocycles. The van der Waals surface area contributed by atoms with Crippen molar-refractivity contribution in [1.29, 1.82) is 0 Å². The molecule has 1 aliphatic rings. The van der Waals surface area contributed by atoms with E-state index in [-0.39, 0.29) is 0 Å². The number of hydrogen-bond acceptors (Lipinski definition) is 2. The van der Waals surface area contributed by atoms with Crippen molar-refractivity contribution in [3.8, 4) is 0 Å². The summed E-state index contributed by atoms with van der Waals surface area (Å²) < 4.78 is 27.2. The third-order valence-electron chi connectivity index (χ3n) is 3.78. The van der Waals surface area contributed by atoms with Crippen molar-refractivity contribution in [1.82, 2.24) is 4.31 Å². The Balaban J connectivity index is 2.08. The van der Waals surface area contributed by atoms with Crippen molar-refractivity contribution in [2.45, 2.75) is 18.4 Å². The lowest BCUT2D eigenvalue weighted by Crippen LogP contribution is -2.31. The summed E-state index contributed by atoms with van der Waals surface area (Å²) in [7, 11) is -3.59. The van der Waals surface area contributed by atoms with Crippen LogP contribution in [-0.2, 0) is 16.6 Å². The van der Waals surface area contributed by atoms with Crippen LogP contribution in [0.5, 0.6) is 0 Å². The second kappa shape index (κ2) is 5.46. The highest BCUT2D eigenvalue weighted by Crippen LogP contribution is 2.30. The maximum Gasteiger partial charge on any atom is 0.264 e. The molecule has 0 aliphatic carbocycles. The van der Waals surface area contributed by atoms with Gasteiger partial charge < -0.3 is 0 Å². The smallest absolute Gasteiger partial charge is 0.262 e. The van der Waals surface area contributed by atoms with E-state index in [0.717, 1.165) is 16.7 Å². The zero-order valence-corrected chi connectivity index (χ0v) is 13.2. The molecule has 0 radical (unpaired) electrons. The fourth-order valence-electron chi connectivity index (χ4n) is 2.52. The molecule has 0 fully saturated rings. The van der Waals surface area contributed by atoms with Crippen LogP contribution in [0.25, 0.3) is 6.08 Å². The van der Waals surface area contributed by atoms with Gasteiger partial charge in [0, 0.05) is 0 Å². The Morgan fingerprint density at radius 3 is 2.45 bits per heavy atom. The maximum atomic E-state index is 12.9. The van der Waals surface area contributed by atoms with E-state index in [2.05, 4.69) is 6.58 Å². The number of aryl methyl sites for hydroxylation is 1. The Hall–Kier alpha value is -2.33. The lowest BCUT2D eigenvalue weighted by atomic mass is 10.0. The number of hydrogen-bond donors (Lipinski definition) is 0. The van der Waals surface area contributed by atoms with Crippen LogP contribution >= 0.6 is 0 Å². The average Bonchev–Trinajstić information content (AvgIpc) is 2.54. The summed E-state index contributed by atoms with van der Waals surface area (Å²) in [5.74, 6) is 0. The molecule has 0 spiro atoms. The predicted octanol–water partition coefficient (Wildman–Crippen LogP) is 3.73. The lowest BCUT2D eigenvalue weighted by molar-refractivity contribution is 0.478. The molecule has 2 aromatic carbocycles. The number of fused-ring (bicyclic) bond motifs is 1. The fourth-order valence-corrected chi connectivity index (χ4v) is 3.97. The summed E-state index contributed by atoms with van der Waals surface area (Å²) in [6.07, 6.45) is 3.44. The first-order valence-electron chi connectivity index (χ1n) is 7.04. The monoisotopic (exact) mass is 311 g/mol. The summed E-state index contributed by atoms with van der Waals surface area (Å²) in [5, 5.41) is 0. The molecule has 1 heterocycles. The Morgan fingerprint density at radius 2 is 1.77 bits per heavy atom. The largest absolute Gasteiger partial charge is 0.264 e. The van der Waals surface area contributed by atoms with Crippen molar-refractivity contribution in [2.75, 3.05) is 0 Å². The highest BCUT2D eigenvalue weighted by Gasteiger charge is 2.28. The van der Waals surface area contributed by atoms with E-state index in [1.807, 2.05) is 49.4 Å². The molecule has 0 bridgehead atoms. The number of sulfonamides is 1. The van der Waals surface area contributed by atoms with E-state index >= 15 is 0 Å². The molecule has 0 amide bonds. The average molecular weight is 311 g/mol. The van der Waals surface area contributed by atoms with Crippen LogP contribution in [0.1, 0.15) is 16.7 Å². The summed E-state index contributed by atoms with van der Waals surface area (Å²) >= 11 is 0. The van der Waals surface area contributed by atoms with Gasteiger partial charge in [0.25, 0.3) is 10.0 Å². The molecule has 0 atom stereocenters. The normalized spacial score (nSPS) is 14.2. The van der Waals surface area contributed by atoms with E-state index in [1.54, 1.807) is 18.2 Å². The molecule has 2 aromatic rings. The first-order chi connectivity index (χ1) is 10.5.